The molecule has 15 heavy (non-hydrogen) atoms. The van der Waals surface area contributed by atoms with Crippen LogP contribution in [0.2, 0.25) is 0 Å². The number of carbonyl (C=O) groups excluding carboxylic acids is 1. The van der Waals surface area contributed by atoms with E-state index in [4.69, 9.17) is 0 Å². The third-order valence-corrected chi connectivity index (χ3v) is 4.43. The quantitative estimate of drug-likeness (QED) is 0.906. The molecule has 0 radical (unpaired) electrons. The van der Waals surface area contributed by atoms with Crippen LogP contribution in [0.15, 0.2) is 15.9 Å². The molecule has 4 heteroatoms. The zero-order valence-corrected chi connectivity index (χ0v) is 11.0. The van der Waals surface area contributed by atoms with Crippen LogP contribution in [0.25, 0.3) is 0 Å². The minimum atomic E-state index is 0.189. The van der Waals surface area contributed by atoms with Gasteiger partial charge in [-0.15, -0.1) is 11.3 Å². The van der Waals surface area contributed by atoms with E-state index in [1.165, 1.54) is 4.88 Å². The molecule has 1 fully saturated rings. The molecule has 1 aromatic heterocycles. The number of nitrogens with one attached hydrogen (secondary N) is 1. The Bertz CT molecular complexity index is 363. The predicted molar refractivity (Wildman–Crippen MR) is 66.1 cm³/mol. The van der Waals surface area contributed by atoms with Crippen LogP contribution in [-0.4, -0.2) is 11.9 Å². The van der Waals surface area contributed by atoms with Gasteiger partial charge in [0.25, 0.3) is 0 Å². The topological polar surface area (TPSA) is 29.1 Å². The van der Waals surface area contributed by atoms with Crippen molar-refractivity contribution in [2.24, 2.45) is 5.92 Å². The highest BCUT2D eigenvalue weighted by Crippen LogP contribution is 2.29. The Hall–Kier alpha value is -0.350. The largest absolute Gasteiger partial charge is 0.353 e. The molecule has 1 N–H and O–H groups in total. The summed E-state index contributed by atoms with van der Waals surface area (Å²) < 4.78 is 1.11. The van der Waals surface area contributed by atoms with E-state index in [1.807, 2.05) is 0 Å². The summed E-state index contributed by atoms with van der Waals surface area (Å²) in [5.74, 6) is 0.874. The van der Waals surface area contributed by atoms with Crippen LogP contribution in [-0.2, 0) is 11.2 Å². The first-order chi connectivity index (χ1) is 7.15. The summed E-state index contributed by atoms with van der Waals surface area (Å²) in [5.41, 5.74) is 0. The smallest absolute Gasteiger partial charge is 0.220 e. The van der Waals surface area contributed by atoms with Gasteiger partial charge in [0.1, 0.15) is 0 Å². The Morgan fingerprint density at radius 2 is 2.47 bits per heavy atom. The van der Waals surface area contributed by atoms with Crippen LogP contribution in [0.5, 0.6) is 0 Å². The molecule has 2 atom stereocenters. The molecule has 82 valence electrons. The Morgan fingerprint density at radius 3 is 3.00 bits per heavy atom. The maximum absolute atomic E-state index is 11.5. The number of halogens is 1. The average Bonchev–Trinajstić information content (AvgIpc) is 2.71. The van der Waals surface area contributed by atoms with Crippen LogP contribution in [0.4, 0.5) is 0 Å². The number of hydrogen-bond acceptors (Lipinski definition) is 2. The highest BCUT2D eigenvalue weighted by Gasteiger charge is 2.33. The van der Waals surface area contributed by atoms with Gasteiger partial charge < -0.3 is 5.32 Å². The summed E-state index contributed by atoms with van der Waals surface area (Å²) in [5, 5.41) is 5.09. The van der Waals surface area contributed by atoms with Crippen molar-refractivity contribution in [2.45, 2.75) is 32.2 Å². The predicted octanol–water partition coefficient (Wildman–Crippen LogP) is 2.97. The lowest BCUT2D eigenvalue weighted by Gasteiger charge is -2.02. The summed E-state index contributed by atoms with van der Waals surface area (Å²) >= 11 is 5.11. The molecule has 1 aliphatic rings. The van der Waals surface area contributed by atoms with Crippen molar-refractivity contribution in [1.82, 2.24) is 5.32 Å². The first kappa shape index (κ1) is 11.1. The minimum Gasteiger partial charge on any atom is -0.353 e. The van der Waals surface area contributed by atoms with E-state index in [-0.39, 0.29) is 5.91 Å². The van der Waals surface area contributed by atoms with Gasteiger partial charge in [-0.2, -0.15) is 0 Å². The lowest BCUT2D eigenvalue weighted by Crippen LogP contribution is -2.26. The second-order valence-corrected chi connectivity index (χ2v) is 6.03. The van der Waals surface area contributed by atoms with Crippen molar-refractivity contribution in [2.75, 3.05) is 0 Å². The molecule has 0 aromatic carbocycles. The Kier molecular flexibility index (Phi) is 3.46. The molecule has 1 aliphatic carbocycles. The summed E-state index contributed by atoms with van der Waals surface area (Å²) in [7, 11) is 0. The van der Waals surface area contributed by atoms with Gasteiger partial charge in [-0.1, -0.05) is 6.92 Å². The normalized spacial score (nSPS) is 23.9. The molecule has 2 rings (SSSR count). The minimum absolute atomic E-state index is 0.189. The zero-order chi connectivity index (χ0) is 10.8. The maximum Gasteiger partial charge on any atom is 0.220 e. The van der Waals surface area contributed by atoms with Crippen LogP contribution in [0.1, 0.15) is 24.6 Å². The van der Waals surface area contributed by atoms with Crippen LogP contribution in [0.3, 0.4) is 0 Å². The highest BCUT2D eigenvalue weighted by atomic mass is 79.9. The zero-order valence-electron chi connectivity index (χ0n) is 8.63. The monoisotopic (exact) mass is 287 g/mol. The number of rotatable bonds is 4. The first-order valence-electron chi connectivity index (χ1n) is 5.17. The van der Waals surface area contributed by atoms with Gasteiger partial charge in [-0.3, -0.25) is 4.79 Å². The van der Waals surface area contributed by atoms with Crippen molar-refractivity contribution >= 4 is 33.2 Å². The fourth-order valence-electron chi connectivity index (χ4n) is 1.52. The molecule has 0 spiro atoms. The Labute approximate surface area is 102 Å². The fraction of sp³-hybridized carbons (Fsp3) is 0.545. The Morgan fingerprint density at radius 1 is 1.73 bits per heavy atom. The first-order valence-corrected chi connectivity index (χ1v) is 6.84. The highest BCUT2D eigenvalue weighted by molar-refractivity contribution is 9.10. The molecular formula is C11H14BrNOS. The van der Waals surface area contributed by atoms with Crippen molar-refractivity contribution in [3.05, 3.63) is 20.8 Å². The van der Waals surface area contributed by atoms with Gasteiger partial charge in [0.15, 0.2) is 0 Å². The van der Waals surface area contributed by atoms with Gasteiger partial charge in [0, 0.05) is 27.2 Å². The van der Waals surface area contributed by atoms with Gasteiger partial charge >= 0.3 is 0 Å². The van der Waals surface area contributed by atoms with Gasteiger partial charge in [-0.05, 0) is 40.8 Å². The molecule has 1 amide bonds. The van der Waals surface area contributed by atoms with E-state index in [0.29, 0.717) is 18.4 Å². The molecule has 0 unspecified atom stereocenters. The third-order valence-electron chi connectivity index (χ3n) is 2.68. The number of aryl methyl sites for hydroxylation is 1. The van der Waals surface area contributed by atoms with Crippen molar-refractivity contribution < 1.29 is 4.79 Å². The van der Waals surface area contributed by atoms with E-state index in [2.05, 4.69) is 39.6 Å². The summed E-state index contributed by atoms with van der Waals surface area (Å²) in [6, 6.07) is 2.53. The molecule has 1 aromatic rings. The summed E-state index contributed by atoms with van der Waals surface area (Å²) in [6.45, 7) is 2.17. The molecule has 0 bridgehead atoms. The third kappa shape index (κ3) is 3.31. The van der Waals surface area contributed by atoms with E-state index in [1.54, 1.807) is 11.3 Å². The van der Waals surface area contributed by atoms with E-state index in [9.17, 15) is 4.79 Å². The molecule has 1 saturated carbocycles. The average molecular weight is 288 g/mol. The molecule has 0 aliphatic heterocycles. The summed E-state index contributed by atoms with van der Waals surface area (Å²) in [6.07, 6.45) is 2.61. The van der Waals surface area contributed by atoms with E-state index >= 15 is 0 Å². The standard InChI is InChI=1S/C11H14BrNOS/c1-7-4-10(7)13-11(14)3-2-9-5-8(12)6-15-9/h5-7,10H,2-4H2,1H3,(H,13,14)/t7-,10+/m1/s1. The summed E-state index contributed by atoms with van der Waals surface area (Å²) in [4.78, 5) is 12.8. The number of thiophene rings is 1. The van der Waals surface area contributed by atoms with Crippen LogP contribution < -0.4 is 5.32 Å². The number of carbonyl (C=O) groups is 1. The Balaban J connectivity index is 1.71. The number of hydrogen-bond donors (Lipinski definition) is 1. The van der Waals surface area contributed by atoms with Crippen molar-refractivity contribution in [3.8, 4) is 0 Å². The molecule has 2 nitrogen and oxygen atoms in total. The maximum atomic E-state index is 11.5. The van der Waals surface area contributed by atoms with Crippen molar-refractivity contribution in [3.63, 3.8) is 0 Å². The van der Waals surface area contributed by atoms with Crippen molar-refractivity contribution in [1.29, 1.82) is 0 Å². The second-order valence-electron chi connectivity index (χ2n) is 4.12. The van der Waals surface area contributed by atoms with Gasteiger partial charge in [0.2, 0.25) is 5.91 Å². The lowest BCUT2D eigenvalue weighted by atomic mass is 10.2. The lowest BCUT2D eigenvalue weighted by molar-refractivity contribution is -0.121. The van der Waals surface area contributed by atoms with Gasteiger partial charge in [-0.25, -0.2) is 0 Å². The molecule has 0 saturated heterocycles. The fourth-order valence-corrected chi connectivity index (χ4v) is 2.98. The van der Waals surface area contributed by atoms with E-state index < -0.39 is 0 Å². The second kappa shape index (κ2) is 4.66. The number of amides is 1. The molecule has 1 heterocycles. The van der Waals surface area contributed by atoms with E-state index in [0.717, 1.165) is 17.3 Å². The molecular weight excluding hydrogens is 274 g/mol. The van der Waals surface area contributed by atoms with Gasteiger partial charge in [0.05, 0.1) is 0 Å². The SMILES string of the molecule is C[C@@H]1C[C@@H]1NC(=O)CCc1cc(Br)cs1. The van der Waals surface area contributed by atoms with Crippen LogP contribution in [0, 0.1) is 5.92 Å². The van der Waals surface area contributed by atoms with Crippen LogP contribution >= 0.6 is 27.3 Å².